The van der Waals surface area contributed by atoms with Crippen molar-refractivity contribution >= 4 is 29.8 Å². The first-order valence-corrected chi connectivity index (χ1v) is 13.0. The molecule has 10 heteroatoms. The van der Waals surface area contributed by atoms with Crippen LogP contribution in [-0.2, 0) is 38.1 Å². The molecular weight excluding hydrogens is 520 g/mol. The molecule has 1 aliphatic carbocycles. The van der Waals surface area contributed by atoms with Crippen LogP contribution in [0.15, 0.2) is 60.7 Å². The summed E-state index contributed by atoms with van der Waals surface area (Å²) in [6.07, 6.45) is -4.02. The van der Waals surface area contributed by atoms with Crippen LogP contribution in [0.1, 0.15) is 61.3 Å². The Morgan fingerprint density at radius 1 is 0.850 bits per heavy atom. The van der Waals surface area contributed by atoms with Gasteiger partial charge in [0.25, 0.3) is 6.29 Å². The molecule has 2 unspecified atom stereocenters. The number of rotatable bonds is 4. The molecule has 208 valence electrons. The lowest BCUT2D eigenvalue weighted by molar-refractivity contribution is -0.220. The second-order valence-corrected chi connectivity index (χ2v) is 12.0. The first-order valence-electron chi connectivity index (χ1n) is 13.0. The maximum absolute atomic E-state index is 14.0. The number of cyclic esters (lactones) is 1. The molecule has 4 aliphatic rings. The molecule has 0 radical (unpaired) electrons. The number of hydrogen-bond acceptors (Lipinski definition) is 10. The molecule has 2 aromatic carbocycles. The smallest absolute Gasteiger partial charge is 0.351 e. The third kappa shape index (κ3) is 2.96. The minimum Gasteiger partial charge on any atom is -0.458 e. The van der Waals surface area contributed by atoms with E-state index in [0.29, 0.717) is 0 Å². The van der Waals surface area contributed by atoms with E-state index < -0.39 is 76.1 Å². The zero-order valence-corrected chi connectivity index (χ0v) is 22.4. The van der Waals surface area contributed by atoms with Crippen molar-refractivity contribution in [1.29, 1.82) is 0 Å². The molecule has 3 saturated heterocycles. The lowest BCUT2D eigenvalue weighted by atomic mass is 9.52. The van der Waals surface area contributed by atoms with E-state index in [1.807, 2.05) is 0 Å². The Balaban J connectivity index is 1.58. The molecule has 4 fully saturated rings. The molecule has 0 amide bonds. The quantitative estimate of drug-likeness (QED) is 0.414. The number of carbonyl (C=O) groups is 5. The summed E-state index contributed by atoms with van der Waals surface area (Å²) in [6, 6.07) is 16.0. The van der Waals surface area contributed by atoms with Crippen LogP contribution in [0.25, 0.3) is 0 Å². The molecule has 10 nitrogen and oxygen atoms in total. The molecule has 2 aromatic rings. The van der Waals surface area contributed by atoms with Gasteiger partial charge in [-0.3, -0.25) is 9.59 Å². The van der Waals surface area contributed by atoms with Crippen LogP contribution in [0.4, 0.5) is 0 Å². The molecule has 2 bridgehead atoms. The third-order valence-corrected chi connectivity index (χ3v) is 9.12. The number of ether oxygens (including phenoxy) is 5. The Morgan fingerprint density at radius 2 is 1.40 bits per heavy atom. The number of carbonyl (C=O) groups excluding carboxylic acids is 5. The summed E-state index contributed by atoms with van der Waals surface area (Å²) in [5, 5.41) is 0. The first-order chi connectivity index (χ1) is 18.8. The third-order valence-electron chi connectivity index (χ3n) is 9.12. The lowest BCUT2D eigenvalue weighted by Crippen LogP contribution is -2.65. The molecule has 40 heavy (non-hydrogen) atoms. The van der Waals surface area contributed by atoms with Gasteiger partial charge >= 0.3 is 29.8 Å². The van der Waals surface area contributed by atoms with Crippen molar-refractivity contribution in [1.82, 2.24) is 0 Å². The average Bonchev–Trinajstić information content (AvgIpc) is 3.48. The second-order valence-electron chi connectivity index (χ2n) is 12.0. The van der Waals surface area contributed by atoms with E-state index in [1.165, 1.54) is 24.3 Å². The van der Waals surface area contributed by atoms with Crippen LogP contribution >= 0.6 is 0 Å². The summed E-state index contributed by atoms with van der Waals surface area (Å²) in [6.45, 7) is 6.98. The SMILES string of the molecule is CC(C)(C)C12C[C@]3(C)OC(=O)C[C@]3(C(=O)O1)C21[C@H](OC(=O)c2ccccc2)OC(=O)[C@@H]1OC(=O)c1ccccc1. The van der Waals surface area contributed by atoms with Crippen molar-refractivity contribution < 1.29 is 47.7 Å². The maximum Gasteiger partial charge on any atom is 0.351 e. The molecule has 3 heterocycles. The first kappa shape index (κ1) is 26.0. The van der Waals surface area contributed by atoms with Gasteiger partial charge in [0.15, 0.2) is 5.41 Å². The zero-order valence-electron chi connectivity index (χ0n) is 22.4. The highest BCUT2D eigenvalue weighted by molar-refractivity contribution is 5.98. The van der Waals surface area contributed by atoms with Crippen molar-refractivity contribution in [2.45, 2.75) is 64.1 Å². The molecule has 0 aromatic heterocycles. The van der Waals surface area contributed by atoms with Crippen molar-refractivity contribution in [3.63, 3.8) is 0 Å². The Morgan fingerprint density at radius 3 is 1.95 bits per heavy atom. The van der Waals surface area contributed by atoms with Crippen LogP contribution in [0.3, 0.4) is 0 Å². The topological polar surface area (TPSA) is 132 Å². The van der Waals surface area contributed by atoms with Gasteiger partial charge in [-0.25, -0.2) is 14.4 Å². The van der Waals surface area contributed by atoms with E-state index in [2.05, 4.69) is 0 Å². The number of hydrogen-bond donors (Lipinski definition) is 0. The van der Waals surface area contributed by atoms with Gasteiger partial charge in [-0.05, 0) is 31.2 Å². The van der Waals surface area contributed by atoms with Gasteiger partial charge in [0.2, 0.25) is 6.10 Å². The van der Waals surface area contributed by atoms with Gasteiger partial charge in [0.05, 0.1) is 17.5 Å². The number of benzene rings is 2. The second kappa shape index (κ2) is 8.16. The van der Waals surface area contributed by atoms with Gasteiger partial charge in [-0.15, -0.1) is 0 Å². The fourth-order valence-electron chi connectivity index (χ4n) is 7.52. The van der Waals surface area contributed by atoms with Crippen molar-refractivity contribution in [3.8, 4) is 0 Å². The molecule has 1 saturated carbocycles. The van der Waals surface area contributed by atoms with E-state index in [4.69, 9.17) is 23.7 Å². The highest BCUT2D eigenvalue weighted by Gasteiger charge is 2.99. The molecule has 6 rings (SSSR count). The van der Waals surface area contributed by atoms with Crippen LogP contribution in [0.5, 0.6) is 0 Å². The van der Waals surface area contributed by atoms with Crippen LogP contribution in [0.2, 0.25) is 0 Å². The summed E-state index contributed by atoms with van der Waals surface area (Å²) in [5.74, 6) is -4.21. The van der Waals surface area contributed by atoms with Crippen LogP contribution in [0, 0.1) is 16.2 Å². The minimum absolute atomic E-state index is 0.0314. The summed E-state index contributed by atoms with van der Waals surface area (Å²) in [5.41, 5.74) is -7.51. The standard InChI is InChI=1S/C30H28O10/c1-26(2,3)29-16-27(4)28(24(35)40-29,15-19(31)39-27)30(29)20(36-21(32)17-11-7-5-8-12-17)23(34)38-25(30)37-22(33)18-13-9-6-10-14-18/h5-14,20,25H,15-16H2,1-4H3/t20-,25+,27-,28+,29?,30?/m0/s1. The van der Waals surface area contributed by atoms with Gasteiger partial charge < -0.3 is 23.7 Å². The van der Waals surface area contributed by atoms with E-state index in [9.17, 15) is 24.0 Å². The normalized spacial score (nSPS) is 35.6. The summed E-state index contributed by atoms with van der Waals surface area (Å²) < 4.78 is 29.5. The zero-order chi connectivity index (χ0) is 28.7. The van der Waals surface area contributed by atoms with Crippen molar-refractivity contribution in [3.05, 3.63) is 71.8 Å². The van der Waals surface area contributed by atoms with Gasteiger partial charge in [-0.1, -0.05) is 57.2 Å². The van der Waals surface area contributed by atoms with Crippen LogP contribution in [-0.4, -0.2) is 53.4 Å². The Bertz CT molecular complexity index is 1450. The Kier molecular flexibility index (Phi) is 5.31. The highest BCUT2D eigenvalue weighted by Crippen LogP contribution is 2.81. The summed E-state index contributed by atoms with van der Waals surface area (Å²) in [7, 11) is 0. The number of esters is 5. The fraction of sp³-hybridized carbons (Fsp3) is 0.433. The molecule has 2 spiro atoms. The summed E-state index contributed by atoms with van der Waals surface area (Å²) >= 11 is 0. The molecule has 3 aliphatic heterocycles. The van der Waals surface area contributed by atoms with Gasteiger partial charge in [0, 0.05) is 11.8 Å². The van der Waals surface area contributed by atoms with E-state index >= 15 is 0 Å². The van der Waals surface area contributed by atoms with Crippen molar-refractivity contribution in [2.75, 3.05) is 0 Å². The van der Waals surface area contributed by atoms with Crippen LogP contribution < -0.4 is 0 Å². The van der Waals surface area contributed by atoms with E-state index in [0.717, 1.165) is 0 Å². The Labute approximate surface area is 229 Å². The highest BCUT2D eigenvalue weighted by atomic mass is 16.7. The Hall–Kier alpha value is -4.21. The molecular formula is C30H28O10. The lowest BCUT2D eigenvalue weighted by Gasteiger charge is -2.49. The summed E-state index contributed by atoms with van der Waals surface area (Å²) in [4.78, 5) is 67.4. The minimum atomic E-state index is -1.96. The largest absolute Gasteiger partial charge is 0.458 e. The van der Waals surface area contributed by atoms with Gasteiger partial charge in [-0.2, -0.15) is 0 Å². The van der Waals surface area contributed by atoms with E-state index in [1.54, 1.807) is 64.1 Å². The van der Waals surface area contributed by atoms with Gasteiger partial charge in [0.1, 0.15) is 16.6 Å². The maximum atomic E-state index is 14.0. The fourth-order valence-corrected chi connectivity index (χ4v) is 7.52. The average molecular weight is 549 g/mol. The molecule has 6 atom stereocenters. The monoisotopic (exact) mass is 548 g/mol. The molecule has 0 N–H and O–H groups in total. The predicted octanol–water partition coefficient (Wildman–Crippen LogP) is 3.38. The van der Waals surface area contributed by atoms with Crippen molar-refractivity contribution in [2.24, 2.45) is 16.2 Å². The van der Waals surface area contributed by atoms with E-state index in [-0.39, 0.29) is 17.5 Å². The predicted molar refractivity (Wildman–Crippen MR) is 134 cm³/mol.